The lowest BCUT2D eigenvalue weighted by Crippen LogP contribution is -2.13. The Hall–Kier alpha value is -0.250. The first-order valence-corrected chi connectivity index (χ1v) is 5.15. The van der Waals surface area contributed by atoms with Gasteiger partial charge in [-0.2, -0.15) is 0 Å². The summed E-state index contributed by atoms with van der Waals surface area (Å²) < 4.78 is 6.23. The molecule has 1 N–H and O–H groups in total. The van der Waals surface area contributed by atoms with Crippen LogP contribution in [0.3, 0.4) is 0 Å². The Morgan fingerprint density at radius 1 is 1.54 bits per heavy atom. The molecule has 1 aromatic rings. The van der Waals surface area contributed by atoms with Crippen molar-refractivity contribution in [1.82, 2.24) is 0 Å². The van der Waals surface area contributed by atoms with E-state index in [0.717, 1.165) is 10.0 Å². The zero-order valence-electron chi connectivity index (χ0n) is 6.76. The number of halogens is 2. The Kier molecular flexibility index (Phi) is 2.49. The zero-order valence-corrected chi connectivity index (χ0v) is 9.10. The molecule has 13 heavy (non-hydrogen) atoms. The molecule has 0 aromatic heterocycles. The smallest absolute Gasteiger partial charge is 0.143 e. The number of hydrogen-bond acceptors (Lipinski definition) is 2. The summed E-state index contributed by atoms with van der Waals surface area (Å²) in [6.45, 7) is 0.523. The van der Waals surface area contributed by atoms with Crippen LogP contribution in [-0.2, 0) is 0 Å². The van der Waals surface area contributed by atoms with Crippen molar-refractivity contribution in [2.45, 2.75) is 12.5 Å². The van der Waals surface area contributed by atoms with Crippen LogP contribution in [0.25, 0.3) is 0 Å². The van der Waals surface area contributed by atoms with Gasteiger partial charge in [0, 0.05) is 16.5 Å². The Balaban J connectivity index is 2.56. The van der Waals surface area contributed by atoms with Gasteiger partial charge in [0.1, 0.15) is 5.75 Å². The van der Waals surface area contributed by atoms with Crippen LogP contribution in [0.15, 0.2) is 16.6 Å². The Bertz CT molecular complexity index is 341. The number of hydrogen-bond donors (Lipinski definition) is 1. The maximum atomic E-state index is 9.65. The average molecular weight is 264 g/mol. The topological polar surface area (TPSA) is 29.5 Å². The van der Waals surface area contributed by atoms with Gasteiger partial charge in [0.05, 0.1) is 17.7 Å². The molecule has 0 unspecified atom stereocenters. The minimum absolute atomic E-state index is 0.459. The summed E-state index contributed by atoms with van der Waals surface area (Å²) in [6.07, 6.45) is 0.165. The van der Waals surface area contributed by atoms with Crippen molar-refractivity contribution < 1.29 is 9.84 Å². The third kappa shape index (κ3) is 1.68. The molecule has 1 aromatic carbocycles. The highest BCUT2D eigenvalue weighted by molar-refractivity contribution is 9.10. The summed E-state index contributed by atoms with van der Waals surface area (Å²) in [5, 5.41) is 10.2. The van der Waals surface area contributed by atoms with Crippen molar-refractivity contribution >= 4 is 27.5 Å². The minimum atomic E-state index is -0.459. The highest BCUT2D eigenvalue weighted by atomic mass is 79.9. The number of aliphatic hydroxyl groups is 1. The van der Waals surface area contributed by atoms with E-state index in [0.29, 0.717) is 23.8 Å². The van der Waals surface area contributed by atoms with Crippen LogP contribution < -0.4 is 4.74 Å². The first-order chi connectivity index (χ1) is 6.18. The molecule has 0 amide bonds. The first-order valence-electron chi connectivity index (χ1n) is 3.98. The van der Waals surface area contributed by atoms with Gasteiger partial charge in [-0.05, 0) is 12.1 Å². The minimum Gasteiger partial charge on any atom is -0.492 e. The molecule has 0 aliphatic carbocycles. The number of fused-ring (bicyclic) bond motifs is 1. The molecule has 1 aliphatic heterocycles. The van der Waals surface area contributed by atoms with Crippen molar-refractivity contribution in [3.05, 3.63) is 27.2 Å². The Morgan fingerprint density at radius 3 is 3.08 bits per heavy atom. The fourth-order valence-corrected chi connectivity index (χ4v) is 2.30. The van der Waals surface area contributed by atoms with Gasteiger partial charge in [-0.25, -0.2) is 0 Å². The van der Waals surface area contributed by atoms with Crippen molar-refractivity contribution in [3.63, 3.8) is 0 Å². The second-order valence-corrected chi connectivity index (χ2v) is 4.28. The molecule has 0 bridgehead atoms. The highest BCUT2D eigenvalue weighted by Gasteiger charge is 2.21. The molecule has 0 fully saturated rings. The average Bonchev–Trinajstić information content (AvgIpc) is 2.07. The fraction of sp³-hybridized carbons (Fsp3) is 0.333. The normalized spacial score (nSPS) is 20.7. The quantitative estimate of drug-likeness (QED) is 0.780. The van der Waals surface area contributed by atoms with Gasteiger partial charge in [-0.1, -0.05) is 27.5 Å². The van der Waals surface area contributed by atoms with E-state index >= 15 is 0 Å². The monoisotopic (exact) mass is 262 g/mol. The first kappa shape index (κ1) is 9.31. The third-order valence-corrected chi connectivity index (χ3v) is 2.77. The Labute approximate surface area is 89.6 Å². The second kappa shape index (κ2) is 3.48. The van der Waals surface area contributed by atoms with Crippen molar-refractivity contribution in [2.75, 3.05) is 6.61 Å². The van der Waals surface area contributed by atoms with E-state index in [2.05, 4.69) is 15.9 Å². The van der Waals surface area contributed by atoms with Gasteiger partial charge in [0.25, 0.3) is 0 Å². The maximum Gasteiger partial charge on any atom is 0.143 e. The lowest BCUT2D eigenvalue weighted by molar-refractivity contribution is 0.115. The zero-order chi connectivity index (χ0) is 9.42. The van der Waals surface area contributed by atoms with Crippen LogP contribution in [0.4, 0.5) is 0 Å². The summed E-state index contributed by atoms with van der Waals surface area (Å²) in [7, 11) is 0. The van der Waals surface area contributed by atoms with Crippen LogP contribution in [0, 0.1) is 0 Å². The molecule has 0 radical (unpaired) electrons. The SMILES string of the molecule is O[C@H]1CCOc2c(Cl)cc(Br)cc21. The molecule has 1 heterocycles. The van der Waals surface area contributed by atoms with Crippen molar-refractivity contribution in [1.29, 1.82) is 0 Å². The molecular weight excluding hydrogens is 255 g/mol. The molecule has 2 rings (SSSR count). The molecule has 1 aliphatic rings. The van der Waals surface area contributed by atoms with Crippen LogP contribution in [0.5, 0.6) is 5.75 Å². The van der Waals surface area contributed by atoms with Gasteiger partial charge >= 0.3 is 0 Å². The van der Waals surface area contributed by atoms with Gasteiger partial charge in [-0.15, -0.1) is 0 Å². The van der Waals surface area contributed by atoms with Crippen LogP contribution in [0.1, 0.15) is 18.1 Å². The highest BCUT2D eigenvalue weighted by Crippen LogP contribution is 2.39. The predicted molar refractivity (Wildman–Crippen MR) is 54.2 cm³/mol. The third-order valence-electron chi connectivity index (χ3n) is 2.03. The lowest BCUT2D eigenvalue weighted by atomic mass is 10.0. The van der Waals surface area contributed by atoms with E-state index < -0.39 is 6.10 Å². The van der Waals surface area contributed by atoms with Gasteiger partial charge in [0.2, 0.25) is 0 Å². The summed E-state index contributed by atoms with van der Waals surface area (Å²) >= 11 is 9.26. The predicted octanol–water partition coefficient (Wildman–Crippen LogP) is 2.92. The number of aliphatic hydroxyl groups excluding tert-OH is 1. The van der Waals surface area contributed by atoms with Crippen LogP contribution in [0.2, 0.25) is 5.02 Å². The summed E-state index contributed by atoms with van der Waals surface area (Å²) in [6, 6.07) is 3.60. The van der Waals surface area contributed by atoms with E-state index in [9.17, 15) is 5.11 Å². The van der Waals surface area contributed by atoms with Gasteiger partial charge in [-0.3, -0.25) is 0 Å². The molecule has 0 saturated carbocycles. The lowest BCUT2D eigenvalue weighted by Gasteiger charge is -2.23. The molecule has 1 atom stereocenters. The molecule has 4 heteroatoms. The number of ether oxygens (including phenoxy) is 1. The largest absolute Gasteiger partial charge is 0.492 e. The molecular formula is C9H8BrClO2. The van der Waals surface area contributed by atoms with E-state index in [-0.39, 0.29) is 0 Å². The molecule has 70 valence electrons. The molecule has 0 spiro atoms. The van der Waals surface area contributed by atoms with Crippen molar-refractivity contribution in [3.8, 4) is 5.75 Å². The van der Waals surface area contributed by atoms with Crippen LogP contribution in [-0.4, -0.2) is 11.7 Å². The summed E-state index contributed by atoms with van der Waals surface area (Å²) in [5.41, 5.74) is 0.769. The fourth-order valence-electron chi connectivity index (χ4n) is 1.41. The second-order valence-electron chi connectivity index (χ2n) is 2.96. The van der Waals surface area contributed by atoms with Crippen LogP contribution >= 0.6 is 27.5 Å². The number of rotatable bonds is 0. The van der Waals surface area contributed by atoms with E-state index in [1.54, 1.807) is 6.07 Å². The van der Waals surface area contributed by atoms with E-state index in [4.69, 9.17) is 16.3 Å². The van der Waals surface area contributed by atoms with E-state index in [1.165, 1.54) is 0 Å². The van der Waals surface area contributed by atoms with Gasteiger partial charge in [0.15, 0.2) is 0 Å². The summed E-state index contributed by atoms with van der Waals surface area (Å²) in [5.74, 6) is 0.614. The van der Waals surface area contributed by atoms with Crippen molar-refractivity contribution in [2.24, 2.45) is 0 Å². The molecule has 0 saturated heterocycles. The maximum absolute atomic E-state index is 9.65. The standard InChI is InChI=1S/C9H8BrClO2/c10-5-3-6-8(12)1-2-13-9(6)7(11)4-5/h3-4,8,12H,1-2H2/t8-/m0/s1. The number of benzene rings is 1. The Morgan fingerprint density at radius 2 is 2.31 bits per heavy atom. The molecule has 2 nitrogen and oxygen atoms in total. The van der Waals surface area contributed by atoms with Gasteiger partial charge < -0.3 is 9.84 Å². The summed E-state index contributed by atoms with van der Waals surface area (Å²) in [4.78, 5) is 0. The van der Waals surface area contributed by atoms with E-state index in [1.807, 2.05) is 6.07 Å².